The van der Waals surface area contributed by atoms with E-state index >= 15 is 0 Å². The number of nitrogens with one attached hydrogen (secondary N) is 1. The summed E-state index contributed by atoms with van der Waals surface area (Å²) in [4.78, 5) is 15.4. The topological polar surface area (TPSA) is 97.1 Å². The Kier molecular flexibility index (Phi) is 7.21. The zero-order valence-electron chi connectivity index (χ0n) is 16.7. The summed E-state index contributed by atoms with van der Waals surface area (Å²) in [7, 11) is 1.87. The minimum absolute atomic E-state index is 0.259. The standard InChI is InChI=1S/C19H27N7O2/c1-14-4-5-16(12-15(14)2)25-21-13-17-22-18(26-7-10-27-11-8-26)24-19(23-17)28-9-6-20-3/h4-5,12,20H,6-11,13H2,1-3H3. The normalized spacial score (nSPS) is 14.6. The molecule has 1 aliphatic heterocycles. The third-order valence-electron chi connectivity index (χ3n) is 4.42. The second kappa shape index (κ2) is 10.0. The fourth-order valence-corrected chi connectivity index (χ4v) is 2.64. The second-order valence-electron chi connectivity index (χ2n) is 6.55. The maximum absolute atomic E-state index is 5.66. The highest BCUT2D eigenvalue weighted by Crippen LogP contribution is 2.18. The van der Waals surface area contributed by atoms with Crippen molar-refractivity contribution < 1.29 is 9.47 Å². The largest absolute Gasteiger partial charge is 0.462 e. The van der Waals surface area contributed by atoms with Crippen molar-refractivity contribution in [2.24, 2.45) is 10.2 Å². The van der Waals surface area contributed by atoms with Crippen LogP contribution in [0.5, 0.6) is 6.01 Å². The van der Waals surface area contributed by atoms with Crippen molar-refractivity contribution >= 4 is 11.6 Å². The van der Waals surface area contributed by atoms with Gasteiger partial charge in [0, 0.05) is 19.6 Å². The summed E-state index contributed by atoms with van der Waals surface area (Å²) in [5.41, 5.74) is 3.23. The van der Waals surface area contributed by atoms with Crippen molar-refractivity contribution in [1.82, 2.24) is 20.3 Å². The zero-order chi connectivity index (χ0) is 19.8. The lowest BCUT2D eigenvalue weighted by Gasteiger charge is -2.26. The van der Waals surface area contributed by atoms with Crippen LogP contribution in [-0.2, 0) is 11.3 Å². The first kappa shape index (κ1) is 20.1. The van der Waals surface area contributed by atoms with Gasteiger partial charge in [0.15, 0.2) is 5.82 Å². The van der Waals surface area contributed by atoms with Gasteiger partial charge in [0.2, 0.25) is 5.95 Å². The Bertz CT molecular complexity index is 807. The van der Waals surface area contributed by atoms with Gasteiger partial charge >= 0.3 is 6.01 Å². The number of benzene rings is 1. The molecular weight excluding hydrogens is 358 g/mol. The smallest absolute Gasteiger partial charge is 0.321 e. The van der Waals surface area contributed by atoms with Crippen molar-refractivity contribution in [2.75, 3.05) is 51.4 Å². The Balaban J connectivity index is 1.74. The summed E-state index contributed by atoms with van der Waals surface area (Å²) in [5.74, 6) is 1.12. The van der Waals surface area contributed by atoms with Crippen LogP contribution in [0.2, 0.25) is 0 Å². The van der Waals surface area contributed by atoms with Gasteiger partial charge in [-0.3, -0.25) is 0 Å². The molecule has 0 bridgehead atoms. The number of aryl methyl sites for hydroxylation is 2. The first-order valence-corrected chi connectivity index (χ1v) is 9.45. The van der Waals surface area contributed by atoms with Crippen molar-refractivity contribution in [3.63, 3.8) is 0 Å². The van der Waals surface area contributed by atoms with Crippen molar-refractivity contribution in [3.8, 4) is 6.01 Å². The quantitative estimate of drug-likeness (QED) is 0.549. The number of ether oxygens (including phenoxy) is 2. The number of rotatable bonds is 8. The Morgan fingerprint density at radius 3 is 2.71 bits per heavy atom. The summed E-state index contributed by atoms with van der Waals surface area (Å²) in [6, 6.07) is 6.31. The van der Waals surface area contributed by atoms with Crippen LogP contribution in [0.1, 0.15) is 17.0 Å². The van der Waals surface area contributed by atoms with Gasteiger partial charge in [0.05, 0.1) is 18.9 Å². The Morgan fingerprint density at radius 1 is 1.14 bits per heavy atom. The van der Waals surface area contributed by atoms with E-state index in [1.54, 1.807) is 0 Å². The van der Waals surface area contributed by atoms with E-state index in [4.69, 9.17) is 9.47 Å². The Labute approximate surface area is 165 Å². The van der Waals surface area contributed by atoms with Gasteiger partial charge in [-0.05, 0) is 44.2 Å². The number of azo groups is 1. The van der Waals surface area contributed by atoms with Gasteiger partial charge in [-0.2, -0.15) is 25.2 Å². The second-order valence-corrected chi connectivity index (χ2v) is 6.55. The molecule has 1 aromatic carbocycles. The number of nitrogens with zero attached hydrogens (tertiary/aromatic N) is 6. The monoisotopic (exact) mass is 385 g/mol. The average molecular weight is 385 g/mol. The predicted octanol–water partition coefficient (Wildman–Crippen LogP) is 2.21. The fraction of sp³-hybridized carbons (Fsp3) is 0.526. The molecule has 9 heteroatoms. The summed E-state index contributed by atoms with van der Waals surface area (Å²) in [6.07, 6.45) is 0. The van der Waals surface area contributed by atoms with Crippen LogP contribution in [0, 0.1) is 13.8 Å². The molecule has 2 aromatic rings. The lowest BCUT2D eigenvalue weighted by Crippen LogP contribution is -2.37. The third kappa shape index (κ3) is 5.67. The lowest BCUT2D eigenvalue weighted by molar-refractivity contribution is 0.122. The molecule has 1 fully saturated rings. The molecule has 1 aliphatic rings. The van der Waals surface area contributed by atoms with Crippen LogP contribution in [-0.4, -0.2) is 61.5 Å². The van der Waals surface area contributed by atoms with E-state index in [1.807, 2.05) is 25.2 Å². The lowest BCUT2D eigenvalue weighted by atomic mass is 10.1. The molecule has 0 aliphatic carbocycles. The molecule has 0 amide bonds. The molecule has 0 radical (unpaired) electrons. The van der Waals surface area contributed by atoms with E-state index in [1.165, 1.54) is 11.1 Å². The minimum Gasteiger partial charge on any atom is -0.462 e. The van der Waals surface area contributed by atoms with E-state index < -0.39 is 0 Å². The van der Waals surface area contributed by atoms with Crippen LogP contribution in [0.15, 0.2) is 28.4 Å². The van der Waals surface area contributed by atoms with Crippen molar-refractivity contribution in [2.45, 2.75) is 20.4 Å². The molecular formula is C19H27N7O2. The van der Waals surface area contributed by atoms with Crippen LogP contribution < -0.4 is 15.0 Å². The van der Waals surface area contributed by atoms with Gasteiger partial charge < -0.3 is 19.7 Å². The summed E-state index contributed by atoms with van der Waals surface area (Å²) < 4.78 is 11.1. The summed E-state index contributed by atoms with van der Waals surface area (Å²) in [5, 5.41) is 11.6. The molecule has 150 valence electrons. The van der Waals surface area contributed by atoms with Crippen LogP contribution in [0.25, 0.3) is 0 Å². The van der Waals surface area contributed by atoms with Gasteiger partial charge in [-0.25, -0.2) is 0 Å². The molecule has 1 aromatic heterocycles. The highest BCUT2D eigenvalue weighted by atomic mass is 16.5. The molecule has 0 atom stereocenters. The Morgan fingerprint density at radius 2 is 1.96 bits per heavy atom. The molecule has 1 N–H and O–H groups in total. The van der Waals surface area contributed by atoms with E-state index in [2.05, 4.69) is 49.2 Å². The first-order chi connectivity index (χ1) is 13.7. The number of aromatic nitrogens is 3. The van der Waals surface area contributed by atoms with E-state index in [0.717, 1.165) is 18.8 Å². The van der Waals surface area contributed by atoms with Crippen LogP contribution in [0.4, 0.5) is 11.6 Å². The molecule has 2 heterocycles. The predicted molar refractivity (Wildman–Crippen MR) is 106 cm³/mol. The summed E-state index contributed by atoms with van der Waals surface area (Å²) in [6.45, 7) is 8.37. The van der Waals surface area contributed by atoms with E-state index in [9.17, 15) is 0 Å². The molecule has 0 unspecified atom stereocenters. The van der Waals surface area contributed by atoms with E-state index in [0.29, 0.717) is 44.1 Å². The van der Waals surface area contributed by atoms with Gasteiger partial charge in [-0.1, -0.05) is 6.07 Å². The minimum atomic E-state index is 0.259. The molecule has 1 saturated heterocycles. The van der Waals surface area contributed by atoms with Crippen LogP contribution >= 0.6 is 0 Å². The SMILES string of the molecule is CNCCOc1nc(CN=Nc2ccc(C)c(C)c2)nc(N2CCOCC2)n1. The number of hydrogen-bond acceptors (Lipinski definition) is 9. The highest BCUT2D eigenvalue weighted by Gasteiger charge is 2.17. The van der Waals surface area contributed by atoms with Gasteiger partial charge in [-0.15, -0.1) is 0 Å². The third-order valence-corrected chi connectivity index (χ3v) is 4.42. The fourth-order valence-electron chi connectivity index (χ4n) is 2.64. The zero-order valence-corrected chi connectivity index (χ0v) is 16.7. The van der Waals surface area contributed by atoms with Gasteiger partial charge in [0.25, 0.3) is 0 Å². The molecule has 9 nitrogen and oxygen atoms in total. The first-order valence-electron chi connectivity index (χ1n) is 9.45. The molecule has 0 spiro atoms. The van der Waals surface area contributed by atoms with Gasteiger partial charge in [0.1, 0.15) is 13.2 Å². The van der Waals surface area contributed by atoms with Crippen molar-refractivity contribution in [3.05, 3.63) is 35.2 Å². The van der Waals surface area contributed by atoms with Crippen LogP contribution in [0.3, 0.4) is 0 Å². The number of hydrogen-bond donors (Lipinski definition) is 1. The van der Waals surface area contributed by atoms with E-state index in [-0.39, 0.29) is 6.54 Å². The molecule has 0 saturated carbocycles. The number of morpholine rings is 1. The number of likely N-dealkylation sites (N-methyl/N-ethyl adjacent to an activating group) is 1. The number of anilines is 1. The van der Waals surface area contributed by atoms with Crippen molar-refractivity contribution in [1.29, 1.82) is 0 Å². The molecule has 3 rings (SSSR count). The maximum atomic E-state index is 5.66. The summed E-state index contributed by atoms with van der Waals surface area (Å²) >= 11 is 0. The Hall–Kier alpha value is -2.65. The highest BCUT2D eigenvalue weighted by molar-refractivity contribution is 5.42. The average Bonchev–Trinajstić information content (AvgIpc) is 2.71. The molecule has 28 heavy (non-hydrogen) atoms. The maximum Gasteiger partial charge on any atom is 0.321 e.